The lowest BCUT2D eigenvalue weighted by molar-refractivity contribution is 0.188. The second-order valence-corrected chi connectivity index (χ2v) is 4.05. The Labute approximate surface area is 107 Å². The van der Waals surface area contributed by atoms with Gasteiger partial charge in [0.25, 0.3) is 0 Å². The first-order chi connectivity index (χ1) is 8.58. The fourth-order valence-corrected chi connectivity index (χ4v) is 1.48. The van der Waals surface area contributed by atoms with Crippen LogP contribution in [-0.2, 0) is 0 Å². The quantitative estimate of drug-likeness (QED) is 0.840. The molecule has 1 aromatic rings. The maximum Gasteiger partial charge on any atom is 0.317 e. The minimum atomic E-state index is -0.235. The summed E-state index contributed by atoms with van der Waals surface area (Å²) >= 11 is 0. The molecule has 0 aliphatic heterocycles. The van der Waals surface area contributed by atoms with Gasteiger partial charge in [-0.25, -0.2) is 4.79 Å². The van der Waals surface area contributed by atoms with E-state index in [1.54, 1.807) is 19.2 Å². The van der Waals surface area contributed by atoms with E-state index < -0.39 is 0 Å². The number of carbonyl (C=O) groups is 1. The minimum Gasteiger partial charge on any atom is -0.395 e. The van der Waals surface area contributed by atoms with Gasteiger partial charge in [-0.3, -0.25) is 0 Å². The van der Waals surface area contributed by atoms with Crippen LogP contribution in [0.3, 0.4) is 0 Å². The molecule has 0 aliphatic carbocycles. The number of likely N-dealkylation sites (N-methyl/N-ethyl adjacent to an activating group) is 1. The van der Waals surface area contributed by atoms with Gasteiger partial charge in [0.05, 0.1) is 24.3 Å². The van der Waals surface area contributed by atoms with E-state index in [1.165, 1.54) is 4.90 Å². The number of hydrogen-bond acceptors (Lipinski definition) is 3. The Morgan fingerprint density at radius 1 is 1.50 bits per heavy atom. The summed E-state index contributed by atoms with van der Waals surface area (Å²) in [5.74, 6) is 0. The van der Waals surface area contributed by atoms with E-state index >= 15 is 0 Å². The molecule has 2 N–H and O–H groups in total. The van der Waals surface area contributed by atoms with Crippen molar-refractivity contribution >= 4 is 6.03 Å². The van der Waals surface area contributed by atoms with Crippen LogP contribution in [0.15, 0.2) is 24.3 Å². The summed E-state index contributed by atoms with van der Waals surface area (Å²) in [5.41, 5.74) is 1.52. The zero-order valence-electron chi connectivity index (χ0n) is 10.6. The fourth-order valence-electron chi connectivity index (χ4n) is 1.48. The van der Waals surface area contributed by atoms with Gasteiger partial charge < -0.3 is 15.3 Å². The fraction of sp³-hybridized carbons (Fsp3) is 0.385. The highest BCUT2D eigenvalue weighted by Gasteiger charge is 2.12. The first kappa shape index (κ1) is 14.0. The average Bonchev–Trinajstić information content (AvgIpc) is 2.39. The molecule has 0 fully saturated rings. The number of aliphatic hydroxyl groups is 1. The molecule has 0 bridgehead atoms. The molecule has 1 unspecified atom stereocenters. The second-order valence-electron chi connectivity index (χ2n) is 4.05. The largest absolute Gasteiger partial charge is 0.395 e. The number of aliphatic hydroxyl groups excluding tert-OH is 1. The first-order valence-corrected chi connectivity index (χ1v) is 5.71. The first-order valence-electron chi connectivity index (χ1n) is 5.71. The predicted molar refractivity (Wildman–Crippen MR) is 67.8 cm³/mol. The van der Waals surface area contributed by atoms with Crippen LogP contribution >= 0.6 is 0 Å². The molecule has 1 rings (SSSR count). The Balaban J connectivity index is 2.62. The number of amides is 2. The standard InChI is InChI=1S/C13H17N3O2/c1-10(15-13(18)16(2)7-8-17)12-5-3-11(9-14)4-6-12/h3-6,10,17H,7-8H2,1-2H3,(H,15,18). The summed E-state index contributed by atoms with van der Waals surface area (Å²) < 4.78 is 0. The van der Waals surface area contributed by atoms with Crippen molar-refractivity contribution < 1.29 is 9.90 Å². The SMILES string of the molecule is CC(NC(=O)N(C)CCO)c1ccc(C#N)cc1. The van der Waals surface area contributed by atoms with Crippen LogP contribution in [0.5, 0.6) is 0 Å². The van der Waals surface area contributed by atoms with E-state index in [-0.39, 0.29) is 18.7 Å². The van der Waals surface area contributed by atoms with Crippen LogP contribution in [0.2, 0.25) is 0 Å². The van der Waals surface area contributed by atoms with Gasteiger partial charge in [0.2, 0.25) is 0 Å². The molecule has 5 heteroatoms. The van der Waals surface area contributed by atoms with Crippen molar-refractivity contribution in [3.8, 4) is 6.07 Å². The average molecular weight is 247 g/mol. The van der Waals surface area contributed by atoms with Crippen molar-refractivity contribution in [1.29, 1.82) is 5.26 Å². The van der Waals surface area contributed by atoms with E-state index in [4.69, 9.17) is 10.4 Å². The van der Waals surface area contributed by atoms with Crippen LogP contribution < -0.4 is 5.32 Å². The van der Waals surface area contributed by atoms with Crippen molar-refractivity contribution in [1.82, 2.24) is 10.2 Å². The molecule has 18 heavy (non-hydrogen) atoms. The highest BCUT2D eigenvalue weighted by molar-refractivity contribution is 5.74. The molecule has 0 saturated carbocycles. The molecule has 0 aromatic heterocycles. The molecule has 0 radical (unpaired) electrons. The Kier molecular flexibility index (Phi) is 5.15. The third-order valence-electron chi connectivity index (χ3n) is 2.66. The van der Waals surface area contributed by atoms with Crippen molar-refractivity contribution in [2.75, 3.05) is 20.2 Å². The van der Waals surface area contributed by atoms with Crippen LogP contribution in [0.1, 0.15) is 24.1 Å². The molecule has 2 amide bonds. The lowest BCUT2D eigenvalue weighted by Gasteiger charge is -2.20. The summed E-state index contributed by atoms with van der Waals surface area (Å²) in [6.45, 7) is 2.10. The maximum absolute atomic E-state index is 11.7. The lowest BCUT2D eigenvalue weighted by Crippen LogP contribution is -2.39. The van der Waals surface area contributed by atoms with Gasteiger partial charge in [0.1, 0.15) is 0 Å². The zero-order valence-corrected chi connectivity index (χ0v) is 10.6. The number of rotatable bonds is 4. The second kappa shape index (κ2) is 6.62. The summed E-state index contributed by atoms with van der Waals surface area (Å²) in [6.07, 6.45) is 0. The number of urea groups is 1. The lowest BCUT2D eigenvalue weighted by atomic mass is 10.1. The molecule has 0 heterocycles. The third-order valence-corrected chi connectivity index (χ3v) is 2.66. The van der Waals surface area contributed by atoms with E-state index in [0.717, 1.165) is 5.56 Å². The number of hydrogen-bond donors (Lipinski definition) is 2. The van der Waals surface area contributed by atoms with Gasteiger partial charge in [-0.05, 0) is 24.6 Å². The van der Waals surface area contributed by atoms with Crippen LogP contribution in [0, 0.1) is 11.3 Å². The number of carbonyl (C=O) groups excluding carboxylic acids is 1. The monoisotopic (exact) mass is 247 g/mol. The molecule has 1 aromatic carbocycles. The van der Waals surface area contributed by atoms with Gasteiger partial charge in [0.15, 0.2) is 0 Å². The number of benzene rings is 1. The van der Waals surface area contributed by atoms with E-state index in [9.17, 15) is 4.79 Å². The van der Waals surface area contributed by atoms with Gasteiger partial charge in [-0.15, -0.1) is 0 Å². The highest BCUT2D eigenvalue weighted by atomic mass is 16.3. The van der Waals surface area contributed by atoms with E-state index in [1.807, 2.05) is 25.1 Å². The number of nitriles is 1. The van der Waals surface area contributed by atoms with Crippen LogP contribution in [-0.4, -0.2) is 36.2 Å². The normalized spacial score (nSPS) is 11.4. The topological polar surface area (TPSA) is 76.4 Å². The predicted octanol–water partition coefficient (Wildman–Crippen LogP) is 1.25. The smallest absolute Gasteiger partial charge is 0.317 e. The summed E-state index contributed by atoms with van der Waals surface area (Å²) in [4.78, 5) is 13.1. The molecule has 5 nitrogen and oxygen atoms in total. The zero-order chi connectivity index (χ0) is 13.5. The van der Waals surface area contributed by atoms with Crippen LogP contribution in [0.25, 0.3) is 0 Å². The van der Waals surface area contributed by atoms with Gasteiger partial charge >= 0.3 is 6.03 Å². The van der Waals surface area contributed by atoms with Gasteiger partial charge in [0, 0.05) is 13.6 Å². The highest BCUT2D eigenvalue weighted by Crippen LogP contribution is 2.13. The maximum atomic E-state index is 11.7. The van der Waals surface area contributed by atoms with E-state index in [0.29, 0.717) is 12.1 Å². The van der Waals surface area contributed by atoms with Crippen LogP contribution in [0.4, 0.5) is 4.79 Å². The Morgan fingerprint density at radius 3 is 2.61 bits per heavy atom. The molecule has 0 spiro atoms. The summed E-state index contributed by atoms with van der Waals surface area (Å²) in [6, 6.07) is 8.73. The summed E-state index contributed by atoms with van der Waals surface area (Å²) in [7, 11) is 1.62. The Bertz CT molecular complexity index is 437. The van der Waals surface area contributed by atoms with Crippen molar-refractivity contribution in [3.05, 3.63) is 35.4 Å². The number of nitrogens with zero attached hydrogens (tertiary/aromatic N) is 2. The van der Waals surface area contributed by atoms with Crippen molar-refractivity contribution in [3.63, 3.8) is 0 Å². The third kappa shape index (κ3) is 3.75. The summed E-state index contributed by atoms with van der Waals surface area (Å²) in [5, 5.41) is 20.2. The molecular formula is C13H17N3O2. The molecule has 0 saturated heterocycles. The van der Waals surface area contributed by atoms with Crippen molar-refractivity contribution in [2.24, 2.45) is 0 Å². The van der Waals surface area contributed by atoms with Gasteiger partial charge in [-0.2, -0.15) is 5.26 Å². The molecule has 96 valence electrons. The van der Waals surface area contributed by atoms with Crippen molar-refractivity contribution in [2.45, 2.75) is 13.0 Å². The minimum absolute atomic E-state index is 0.0603. The molecule has 0 aliphatic rings. The molecular weight excluding hydrogens is 230 g/mol. The van der Waals surface area contributed by atoms with E-state index in [2.05, 4.69) is 5.32 Å². The number of nitrogens with one attached hydrogen (secondary N) is 1. The Morgan fingerprint density at radius 2 is 2.11 bits per heavy atom. The Hall–Kier alpha value is -2.06. The van der Waals surface area contributed by atoms with Gasteiger partial charge in [-0.1, -0.05) is 12.1 Å². The molecule has 1 atom stereocenters.